The van der Waals surface area contributed by atoms with E-state index < -0.39 is 11.3 Å². The summed E-state index contributed by atoms with van der Waals surface area (Å²) in [5.41, 5.74) is 2.65. The molecule has 8 nitrogen and oxygen atoms in total. The number of rotatable bonds is 6. The van der Waals surface area contributed by atoms with Crippen molar-refractivity contribution in [2.24, 2.45) is 0 Å². The number of aromatic nitrogens is 4. The van der Waals surface area contributed by atoms with Crippen LogP contribution in [0.4, 0.5) is 10.5 Å². The van der Waals surface area contributed by atoms with Crippen LogP contribution < -0.4 is 10.6 Å². The molecule has 1 aliphatic carbocycles. The van der Waals surface area contributed by atoms with Crippen LogP contribution in [-0.2, 0) is 4.79 Å². The number of urea groups is 1. The van der Waals surface area contributed by atoms with E-state index in [-0.39, 0.29) is 5.91 Å². The number of hydrogen-bond acceptors (Lipinski definition) is 5. The van der Waals surface area contributed by atoms with Gasteiger partial charge in [0, 0.05) is 34.4 Å². The first-order valence-electron chi connectivity index (χ1n) is 10.4. The van der Waals surface area contributed by atoms with Crippen LogP contribution in [0.15, 0.2) is 66.0 Å². The van der Waals surface area contributed by atoms with Crippen LogP contribution in [0.25, 0.3) is 22.3 Å². The summed E-state index contributed by atoms with van der Waals surface area (Å²) in [6.45, 7) is 1.76. The molecule has 0 bridgehead atoms. The molecule has 2 heterocycles. The number of amides is 3. The van der Waals surface area contributed by atoms with E-state index in [0.717, 1.165) is 35.1 Å². The molecule has 9 heteroatoms. The van der Waals surface area contributed by atoms with Crippen molar-refractivity contribution in [1.29, 1.82) is 0 Å². The molecule has 1 fully saturated rings. The van der Waals surface area contributed by atoms with Gasteiger partial charge in [-0.1, -0.05) is 48.2 Å². The number of imide groups is 1. The van der Waals surface area contributed by atoms with Gasteiger partial charge in [-0.05, 0) is 38.0 Å². The highest BCUT2D eigenvalue weighted by Crippen LogP contribution is 2.42. The Hall–Kier alpha value is -3.59. The van der Waals surface area contributed by atoms with E-state index in [1.165, 1.54) is 11.8 Å². The van der Waals surface area contributed by atoms with Gasteiger partial charge in [-0.15, -0.1) is 10.2 Å². The molecular weight excluding hydrogens is 424 g/mol. The molecule has 2 aromatic heterocycles. The second-order valence-corrected chi connectivity index (χ2v) is 9.03. The Morgan fingerprint density at radius 1 is 1.09 bits per heavy atom. The van der Waals surface area contributed by atoms with E-state index in [1.54, 1.807) is 19.1 Å². The standard InChI is InChI=1S/C23H22N6O2S/c1-14(21(30)26-22(31)25-15-7-3-2-4-8-15)32-23-28-27-20(29(23)16-11-12-16)18-13-24-19-10-6-5-9-17(18)19/h2-10,13-14,16,24H,11-12H2,1H3,(H2,25,26,30,31). The van der Waals surface area contributed by atoms with Crippen LogP contribution in [-0.4, -0.2) is 36.9 Å². The van der Waals surface area contributed by atoms with Gasteiger partial charge in [-0.3, -0.25) is 14.7 Å². The lowest BCUT2D eigenvalue weighted by atomic mass is 10.1. The number of hydrogen-bond donors (Lipinski definition) is 3. The summed E-state index contributed by atoms with van der Waals surface area (Å²) in [7, 11) is 0. The predicted molar refractivity (Wildman–Crippen MR) is 125 cm³/mol. The van der Waals surface area contributed by atoms with E-state index in [4.69, 9.17) is 0 Å². The molecule has 0 radical (unpaired) electrons. The highest BCUT2D eigenvalue weighted by Gasteiger charge is 2.32. The Morgan fingerprint density at radius 3 is 2.62 bits per heavy atom. The number of fused-ring (bicyclic) bond motifs is 1. The lowest BCUT2D eigenvalue weighted by Gasteiger charge is -2.13. The summed E-state index contributed by atoms with van der Waals surface area (Å²) in [5.74, 6) is 0.407. The van der Waals surface area contributed by atoms with Crippen molar-refractivity contribution in [2.45, 2.75) is 36.2 Å². The molecule has 3 N–H and O–H groups in total. The maximum atomic E-state index is 12.6. The van der Waals surface area contributed by atoms with Gasteiger partial charge in [0.2, 0.25) is 5.91 Å². The lowest BCUT2D eigenvalue weighted by molar-refractivity contribution is -0.119. The van der Waals surface area contributed by atoms with Crippen LogP contribution in [0.2, 0.25) is 0 Å². The van der Waals surface area contributed by atoms with Gasteiger partial charge in [0.05, 0.1) is 5.25 Å². The average molecular weight is 447 g/mol. The monoisotopic (exact) mass is 446 g/mol. The number of thioether (sulfide) groups is 1. The van der Waals surface area contributed by atoms with E-state index in [1.807, 2.05) is 42.6 Å². The Bertz CT molecular complexity index is 1280. The van der Waals surface area contributed by atoms with E-state index in [9.17, 15) is 9.59 Å². The van der Waals surface area contributed by atoms with Crippen LogP contribution in [0.3, 0.4) is 0 Å². The first-order valence-corrected chi connectivity index (χ1v) is 11.3. The Balaban J connectivity index is 1.32. The molecule has 1 atom stereocenters. The minimum Gasteiger partial charge on any atom is -0.360 e. The molecule has 4 aromatic rings. The summed E-state index contributed by atoms with van der Waals surface area (Å²) >= 11 is 1.31. The summed E-state index contributed by atoms with van der Waals surface area (Å²) in [5, 5.41) is 15.1. The number of carbonyl (C=O) groups excluding carboxylic acids is 2. The molecule has 0 saturated heterocycles. The second kappa shape index (κ2) is 8.51. The number of nitrogens with one attached hydrogen (secondary N) is 3. The minimum absolute atomic E-state index is 0.327. The number of benzene rings is 2. The van der Waals surface area contributed by atoms with E-state index in [0.29, 0.717) is 16.9 Å². The number of anilines is 1. The second-order valence-electron chi connectivity index (χ2n) is 7.72. The molecule has 1 aliphatic rings. The molecule has 162 valence electrons. The SMILES string of the molecule is CC(Sc1nnc(-c2c[nH]c3ccccc23)n1C1CC1)C(=O)NC(=O)Nc1ccccc1. The van der Waals surface area contributed by atoms with Gasteiger partial charge in [-0.25, -0.2) is 4.79 Å². The number of H-pyrrole nitrogens is 1. The zero-order chi connectivity index (χ0) is 22.1. The van der Waals surface area contributed by atoms with Crippen LogP contribution in [0.5, 0.6) is 0 Å². The number of carbonyl (C=O) groups is 2. The van der Waals surface area contributed by atoms with Crippen molar-refractivity contribution in [1.82, 2.24) is 25.1 Å². The fourth-order valence-corrected chi connectivity index (χ4v) is 4.49. The van der Waals surface area contributed by atoms with Crippen LogP contribution in [0.1, 0.15) is 25.8 Å². The van der Waals surface area contributed by atoms with Crippen LogP contribution >= 0.6 is 11.8 Å². The number of para-hydroxylation sites is 2. The third-order valence-corrected chi connectivity index (χ3v) is 6.38. The third kappa shape index (κ3) is 4.11. The average Bonchev–Trinajstić information content (AvgIpc) is 3.41. The molecular formula is C23H22N6O2S. The number of nitrogens with zero attached hydrogens (tertiary/aromatic N) is 3. The van der Waals surface area contributed by atoms with Crippen molar-refractivity contribution in [3.05, 3.63) is 60.8 Å². The lowest BCUT2D eigenvalue weighted by Crippen LogP contribution is -2.38. The van der Waals surface area contributed by atoms with Gasteiger partial charge in [-0.2, -0.15) is 0 Å². The minimum atomic E-state index is -0.559. The smallest absolute Gasteiger partial charge is 0.325 e. The Kier molecular flexibility index (Phi) is 5.40. The fourth-order valence-electron chi connectivity index (χ4n) is 3.57. The summed E-state index contributed by atoms with van der Waals surface area (Å²) in [6, 6.07) is 16.8. The Labute approximate surface area is 188 Å². The maximum Gasteiger partial charge on any atom is 0.325 e. The quantitative estimate of drug-likeness (QED) is 0.376. The van der Waals surface area contributed by atoms with Gasteiger partial charge < -0.3 is 10.3 Å². The van der Waals surface area contributed by atoms with Crippen molar-refractivity contribution < 1.29 is 9.59 Å². The predicted octanol–water partition coefficient (Wildman–Crippen LogP) is 4.59. The van der Waals surface area contributed by atoms with Gasteiger partial charge in [0.1, 0.15) is 0 Å². The fraction of sp³-hybridized carbons (Fsp3) is 0.217. The maximum absolute atomic E-state index is 12.6. The molecule has 5 rings (SSSR count). The van der Waals surface area contributed by atoms with Crippen molar-refractivity contribution in [2.75, 3.05) is 5.32 Å². The van der Waals surface area contributed by atoms with Crippen molar-refractivity contribution in [3.63, 3.8) is 0 Å². The zero-order valence-electron chi connectivity index (χ0n) is 17.4. The molecule has 0 spiro atoms. The first kappa shape index (κ1) is 20.3. The molecule has 1 saturated carbocycles. The summed E-state index contributed by atoms with van der Waals surface area (Å²) < 4.78 is 2.12. The van der Waals surface area contributed by atoms with Crippen molar-refractivity contribution in [3.8, 4) is 11.4 Å². The molecule has 3 amide bonds. The Morgan fingerprint density at radius 2 is 1.84 bits per heavy atom. The zero-order valence-corrected chi connectivity index (χ0v) is 18.2. The summed E-state index contributed by atoms with van der Waals surface area (Å²) in [4.78, 5) is 28.0. The van der Waals surface area contributed by atoms with E-state index in [2.05, 4.69) is 36.4 Å². The molecule has 2 aromatic carbocycles. The third-order valence-electron chi connectivity index (χ3n) is 5.33. The highest BCUT2D eigenvalue weighted by molar-refractivity contribution is 8.00. The van der Waals surface area contributed by atoms with Gasteiger partial charge in [0.25, 0.3) is 0 Å². The summed E-state index contributed by atoms with van der Waals surface area (Å²) in [6.07, 6.45) is 4.06. The van der Waals surface area contributed by atoms with Gasteiger partial charge >= 0.3 is 6.03 Å². The number of aromatic amines is 1. The normalized spacial score (nSPS) is 14.3. The molecule has 0 aliphatic heterocycles. The van der Waals surface area contributed by atoms with Gasteiger partial charge in [0.15, 0.2) is 11.0 Å². The van der Waals surface area contributed by atoms with E-state index >= 15 is 0 Å². The van der Waals surface area contributed by atoms with Crippen LogP contribution in [0, 0.1) is 0 Å². The van der Waals surface area contributed by atoms with Crippen molar-refractivity contribution >= 4 is 40.3 Å². The first-order chi connectivity index (χ1) is 15.6. The highest BCUT2D eigenvalue weighted by atomic mass is 32.2. The largest absolute Gasteiger partial charge is 0.360 e. The molecule has 32 heavy (non-hydrogen) atoms. The topological polar surface area (TPSA) is 105 Å². The molecule has 1 unspecified atom stereocenters.